The minimum Gasteiger partial charge on any atom is -0.497 e. The standard InChI is InChI=1S/C14H19NO2/c1-16-12-7-8-13(14(9-12)17-2)10-3-5-11(15)6-4-10/h3,7-9,11H,4-6,15H2,1-2H3. The molecule has 2 N–H and O–H groups in total. The van der Waals surface area contributed by atoms with Crippen molar-refractivity contribution in [2.45, 2.75) is 25.3 Å². The fraction of sp³-hybridized carbons (Fsp3) is 0.429. The number of hydrogen-bond acceptors (Lipinski definition) is 3. The molecule has 0 spiro atoms. The van der Waals surface area contributed by atoms with Gasteiger partial charge in [0.25, 0.3) is 0 Å². The first-order valence-electron chi connectivity index (χ1n) is 5.91. The average Bonchev–Trinajstić information content (AvgIpc) is 2.39. The van der Waals surface area contributed by atoms with Crippen LogP contribution in [0, 0.1) is 0 Å². The first-order valence-corrected chi connectivity index (χ1v) is 5.91. The molecular formula is C14H19NO2. The van der Waals surface area contributed by atoms with E-state index in [0.29, 0.717) is 6.04 Å². The van der Waals surface area contributed by atoms with Crippen LogP contribution < -0.4 is 15.2 Å². The second kappa shape index (κ2) is 5.23. The largest absolute Gasteiger partial charge is 0.497 e. The van der Waals surface area contributed by atoms with Gasteiger partial charge in [0.05, 0.1) is 14.2 Å². The zero-order valence-electron chi connectivity index (χ0n) is 10.4. The average molecular weight is 233 g/mol. The molecular weight excluding hydrogens is 214 g/mol. The highest BCUT2D eigenvalue weighted by atomic mass is 16.5. The summed E-state index contributed by atoms with van der Waals surface area (Å²) < 4.78 is 10.6. The summed E-state index contributed by atoms with van der Waals surface area (Å²) in [5.74, 6) is 1.68. The topological polar surface area (TPSA) is 44.5 Å². The third kappa shape index (κ3) is 2.61. The zero-order valence-corrected chi connectivity index (χ0v) is 10.4. The fourth-order valence-corrected chi connectivity index (χ4v) is 2.16. The van der Waals surface area contributed by atoms with Crippen LogP contribution in [0.3, 0.4) is 0 Å². The van der Waals surface area contributed by atoms with E-state index in [1.165, 1.54) is 5.57 Å². The predicted octanol–water partition coefficient (Wildman–Crippen LogP) is 2.60. The predicted molar refractivity (Wildman–Crippen MR) is 69.3 cm³/mol. The minimum absolute atomic E-state index is 0.308. The van der Waals surface area contributed by atoms with Gasteiger partial charge < -0.3 is 15.2 Å². The Morgan fingerprint density at radius 3 is 2.65 bits per heavy atom. The second-order valence-electron chi connectivity index (χ2n) is 4.33. The number of hydrogen-bond donors (Lipinski definition) is 1. The molecule has 0 saturated heterocycles. The van der Waals surface area contributed by atoms with Crippen molar-refractivity contribution in [2.24, 2.45) is 5.73 Å². The van der Waals surface area contributed by atoms with E-state index in [0.717, 1.165) is 36.3 Å². The summed E-state index contributed by atoms with van der Waals surface area (Å²) >= 11 is 0. The lowest BCUT2D eigenvalue weighted by Gasteiger charge is -2.20. The Balaban J connectivity index is 2.32. The van der Waals surface area contributed by atoms with Gasteiger partial charge in [-0.25, -0.2) is 0 Å². The van der Waals surface area contributed by atoms with Crippen LogP contribution in [0.4, 0.5) is 0 Å². The zero-order chi connectivity index (χ0) is 12.3. The Hall–Kier alpha value is -1.48. The highest BCUT2D eigenvalue weighted by molar-refractivity contribution is 5.72. The van der Waals surface area contributed by atoms with E-state index in [-0.39, 0.29) is 0 Å². The van der Waals surface area contributed by atoms with Gasteiger partial charge in [-0.1, -0.05) is 6.08 Å². The van der Waals surface area contributed by atoms with Crippen LogP contribution in [0.5, 0.6) is 11.5 Å². The quantitative estimate of drug-likeness (QED) is 0.872. The van der Waals surface area contributed by atoms with Gasteiger partial charge in [0, 0.05) is 17.7 Å². The lowest BCUT2D eigenvalue weighted by atomic mass is 9.90. The molecule has 0 heterocycles. The van der Waals surface area contributed by atoms with E-state index in [4.69, 9.17) is 15.2 Å². The first-order chi connectivity index (χ1) is 8.24. The highest BCUT2D eigenvalue weighted by Gasteiger charge is 2.15. The smallest absolute Gasteiger partial charge is 0.130 e. The molecule has 92 valence electrons. The van der Waals surface area contributed by atoms with Gasteiger partial charge >= 0.3 is 0 Å². The summed E-state index contributed by atoms with van der Waals surface area (Å²) in [6, 6.07) is 6.25. The van der Waals surface area contributed by atoms with Crippen LogP contribution in [0.2, 0.25) is 0 Å². The third-order valence-electron chi connectivity index (χ3n) is 3.21. The van der Waals surface area contributed by atoms with Gasteiger partial charge in [-0.3, -0.25) is 0 Å². The molecule has 0 aliphatic heterocycles. The summed E-state index contributed by atoms with van der Waals surface area (Å²) in [5.41, 5.74) is 8.37. The molecule has 1 aromatic carbocycles. The van der Waals surface area contributed by atoms with Crippen LogP contribution in [-0.2, 0) is 0 Å². The monoisotopic (exact) mass is 233 g/mol. The van der Waals surface area contributed by atoms with Crippen LogP contribution in [0.15, 0.2) is 24.3 Å². The molecule has 1 aliphatic carbocycles. The lowest BCUT2D eigenvalue weighted by Crippen LogP contribution is -2.21. The normalized spacial score (nSPS) is 19.7. The summed E-state index contributed by atoms with van der Waals surface area (Å²) in [7, 11) is 3.35. The number of allylic oxidation sites excluding steroid dienone is 1. The van der Waals surface area contributed by atoms with E-state index in [9.17, 15) is 0 Å². The summed E-state index contributed by atoms with van der Waals surface area (Å²) in [6.07, 6.45) is 5.23. The molecule has 0 bridgehead atoms. The molecule has 3 heteroatoms. The number of benzene rings is 1. The van der Waals surface area contributed by atoms with Gasteiger partial charge in [-0.15, -0.1) is 0 Å². The maximum atomic E-state index is 5.90. The Kier molecular flexibility index (Phi) is 3.69. The number of rotatable bonds is 3. The van der Waals surface area contributed by atoms with Gasteiger partial charge in [0.15, 0.2) is 0 Å². The summed E-state index contributed by atoms with van der Waals surface area (Å²) in [5, 5.41) is 0. The van der Waals surface area contributed by atoms with Crippen LogP contribution >= 0.6 is 0 Å². The molecule has 1 atom stereocenters. The summed E-state index contributed by atoms with van der Waals surface area (Å²) in [4.78, 5) is 0. The Labute approximate surface area is 102 Å². The van der Waals surface area contributed by atoms with Crippen molar-refractivity contribution in [1.29, 1.82) is 0 Å². The van der Waals surface area contributed by atoms with Crippen molar-refractivity contribution in [2.75, 3.05) is 14.2 Å². The number of ether oxygens (including phenoxy) is 2. The lowest BCUT2D eigenvalue weighted by molar-refractivity contribution is 0.393. The molecule has 1 aromatic rings. The molecule has 1 unspecified atom stereocenters. The van der Waals surface area contributed by atoms with E-state index in [1.807, 2.05) is 12.1 Å². The Morgan fingerprint density at radius 2 is 2.06 bits per heavy atom. The first kappa shape index (κ1) is 12.0. The van der Waals surface area contributed by atoms with Gasteiger partial charge in [-0.05, 0) is 37.0 Å². The second-order valence-corrected chi connectivity index (χ2v) is 4.33. The van der Waals surface area contributed by atoms with Crippen LogP contribution in [0.1, 0.15) is 24.8 Å². The van der Waals surface area contributed by atoms with E-state index >= 15 is 0 Å². The molecule has 1 aliphatic rings. The molecule has 0 saturated carbocycles. The van der Waals surface area contributed by atoms with Gasteiger partial charge in [0.1, 0.15) is 11.5 Å². The van der Waals surface area contributed by atoms with Crippen LogP contribution in [-0.4, -0.2) is 20.3 Å². The molecule has 0 aromatic heterocycles. The SMILES string of the molecule is COc1ccc(C2=CCC(N)CC2)c(OC)c1. The van der Waals surface area contributed by atoms with Crippen LogP contribution in [0.25, 0.3) is 5.57 Å². The summed E-state index contributed by atoms with van der Waals surface area (Å²) in [6.45, 7) is 0. The Bertz CT molecular complexity index is 426. The maximum absolute atomic E-state index is 5.90. The van der Waals surface area contributed by atoms with Crippen molar-refractivity contribution in [3.8, 4) is 11.5 Å². The molecule has 0 amide bonds. The molecule has 3 nitrogen and oxygen atoms in total. The Morgan fingerprint density at radius 1 is 1.24 bits per heavy atom. The molecule has 0 radical (unpaired) electrons. The van der Waals surface area contributed by atoms with Crippen molar-refractivity contribution < 1.29 is 9.47 Å². The van der Waals surface area contributed by atoms with Crippen molar-refractivity contribution >= 4 is 5.57 Å². The van der Waals surface area contributed by atoms with E-state index < -0.39 is 0 Å². The van der Waals surface area contributed by atoms with Crippen molar-refractivity contribution in [3.05, 3.63) is 29.8 Å². The van der Waals surface area contributed by atoms with E-state index in [1.54, 1.807) is 14.2 Å². The number of nitrogens with two attached hydrogens (primary N) is 1. The van der Waals surface area contributed by atoms with Crippen molar-refractivity contribution in [3.63, 3.8) is 0 Å². The minimum atomic E-state index is 0.308. The number of methoxy groups -OCH3 is 2. The fourth-order valence-electron chi connectivity index (χ4n) is 2.16. The highest BCUT2D eigenvalue weighted by Crippen LogP contribution is 2.34. The molecule has 0 fully saturated rings. The van der Waals surface area contributed by atoms with Crippen molar-refractivity contribution in [1.82, 2.24) is 0 Å². The van der Waals surface area contributed by atoms with Gasteiger partial charge in [-0.2, -0.15) is 0 Å². The molecule has 17 heavy (non-hydrogen) atoms. The van der Waals surface area contributed by atoms with E-state index in [2.05, 4.69) is 12.1 Å². The maximum Gasteiger partial charge on any atom is 0.130 e. The third-order valence-corrected chi connectivity index (χ3v) is 3.21. The molecule has 2 rings (SSSR count). The van der Waals surface area contributed by atoms with Gasteiger partial charge in [0.2, 0.25) is 0 Å².